The summed E-state index contributed by atoms with van der Waals surface area (Å²) >= 11 is 0. The zero-order valence-electron chi connectivity index (χ0n) is 13.1. The molecule has 134 valence electrons. The van der Waals surface area contributed by atoms with Gasteiger partial charge >= 0.3 is 12.1 Å². The standard InChI is InChI=1S/C16H15F3N2O4/c17-16(18,19)15(24)21-5-3-9(4-6-21)14(23)10-1-2-12-11(7-10)20-13(22)8-25-12/h1-2,7,9H,3-6,8H2,(H,20,22). The first-order valence-corrected chi connectivity index (χ1v) is 7.72. The number of ether oxygens (including phenoxy) is 1. The van der Waals surface area contributed by atoms with Crippen molar-refractivity contribution in [1.82, 2.24) is 4.90 Å². The second-order valence-electron chi connectivity index (χ2n) is 5.98. The van der Waals surface area contributed by atoms with Gasteiger partial charge in [0.2, 0.25) is 0 Å². The Hall–Kier alpha value is -2.58. The fraction of sp³-hybridized carbons (Fsp3) is 0.438. The van der Waals surface area contributed by atoms with Crippen LogP contribution in [-0.2, 0) is 9.59 Å². The van der Waals surface area contributed by atoms with Crippen LogP contribution in [0.5, 0.6) is 5.75 Å². The van der Waals surface area contributed by atoms with Gasteiger partial charge in [-0.1, -0.05) is 0 Å². The number of hydrogen-bond acceptors (Lipinski definition) is 4. The predicted molar refractivity (Wildman–Crippen MR) is 80.3 cm³/mol. The number of likely N-dealkylation sites (tertiary alicyclic amines) is 1. The van der Waals surface area contributed by atoms with Gasteiger partial charge < -0.3 is 15.0 Å². The van der Waals surface area contributed by atoms with Crippen molar-refractivity contribution in [2.45, 2.75) is 19.0 Å². The Labute approximate surface area is 140 Å². The van der Waals surface area contributed by atoms with E-state index in [0.717, 1.165) is 4.90 Å². The molecule has 0 unspecified atom stereocenters. The van der Waals surface area contributed by atoms with E-state index >= 15 is 0 Å². The summed E-state index contributed by atoms with van der Waals surface area (Å²) in [6.45, 7) is -0.314. The molecule has 0 aliphatic carbocycles. The number of Topliss-reactive ketones (excluding diaryl/α,β-unsaturated/α-hetero) is 1. The fourth-order valence-electron chi connectivity index (χ4n) is 3.00. The number of alkyl halides is 3. The van der Waals surface area contributed by atoms with Crippen molar-refractivity contribution in [3.05, 3.63) is 23.8 Å². The number of nitrogens with zero attached hydrogens (tertiary/aromatic N) is 1. The topological polar surface area (TPSA) is 75.7 Å². The normalized spacial score (nSPS) is 18.2. The van der Waals surface area contributed by atoms with Crippen LogP contribution >= 0.6 is 0 Å². The first kappa shape index (κ1) is 17.2. The van der Waals surface area contributed by atoms with Crippen LogP contribution in [0.2, 0.25) is 0 Å². The average Bonchev–Trinajstić information content (AvgIpc) is 2.59. The lowest BCUT2D eigenvalue weighted by atomic mass is 9.88. The van der Waals surface area contributed by atoms with Gasteiger partial charge in [0.1, 0.15) is 5.75 Å². The largest absolute Gasteiger partial charge is 0.482 e. The van der Waals surface area contributed by atoms with E-state index in [-0.39, 0.29) is 44.2 Å². The Kier molecular flexibility index (Phi) is 4.40. The molecular weight excluding hydrogens is 341 g/mol. The smallest absolute Gasteiger partial charge is 0.471 e. The van der Waals surface area contributed by atoms with Crippen LogP contribution in [0.1, 0.15) is 23.2 Å². The van der Waals surface area contributed by atoms with E-state index in [0.29, 0.717) is 17.0 Å². The molecule has 6 nitrogen and oxygen atoms in total. The molecule has 2 heterocycles. The van der Waals surface area contributed by atoms with E-state index < -0.39 is 18.0 Å². The van der Waals surface area contributed by atoms with Crippen molar-refractivity contribution >= 4 is 23.3 Å². The van der Waals surface area contributed by atoms with Gasteiger partial charge in [-0.2, -0.15) is 13.2 Å². The van der Waals surface area contributed by atoms with Crippen LogP contribution in [0.3, 0.4) is 0 Å². The van der Waals surface area contributed by atoms with E-state index in [2.05, 4.69) is 5.32 Å². The van der Waals surface area contributed by atoms with E-state index in [1.165, 1.54) is 6.07 Å². The molecule has 2 amide bonds. The van der Waals surface area contributed by atoms with Gasteiger partial charge in [0.25, 0.3) is 5.91 Å². The maximum atomic E-state index is 12.6. The number of carbonyl (C=O) groups is 3. The molecule has 25 heavy (non-hydrogen) atoms. The quantitative estimate of drug-likeness (QED) is 0.823. The van der Waals surface area contributed by atoms with Gasteiger partial charge in [-0.3, -0.25) is 14.4 Å². The van der Waals surface area contributed by atoms with Crippen molar-refractivity contribution in [1.29, 1.82) is 0 Å². The van der Waals surface area contributed by atoms with Gasteiger partial charge in [-0.05, 0) is 31.0 Å². The minimum Gasteiger partial charge on any atom is -0.482 e. The molecule has 1 N–H and O–H groups in total. The Morgan fingerprint density at radius 3 is 2.52 bits per heavy atom. The fourth-order valence-corrected chi connectivity index (χ4v) is 3.00. The summed E-state index contributed by atoms with van der Waals surface area (Å²) in [5.41, 5.74) is 0.747. The average molecular weight is 356 g/mol. The third-order valence-electron chi connectivity index (χ3n) is 4.29. The molecule has 0 spiro atoms. The lowest BCUT2D eigenvalue weighted by Crippen LogP contribution is -2.46. The second kappa shape index (κ2) is 6.38. The molecule has 0 atom stereocenters. The zero-order valence-corrected chi connectivity index (χ0v) is 13.1. The number of halogens is 3. The van der Waals surface area contributed by atoms with Gasteiger partial charge in [0.05, 0.1) is 5.69 Å². The van der Waals surface area contributed by atoms with Gasteiger partial charge in [-0.25, -0.2) is 0 Å². The monoisotopic (exact) mass is 356 g/mol. The summed E-state index contributed by atoms with van der Waals surface area (Å²) in [5, 5.41) is 2.60. The van der Waals surface area contributed by atoms with E-state index in [9.17, 15) is 27.6 Å². The lowest BCUT2D eigenvalue weighted by Gasteiger charge is -2.31. The first-order valence-electron chi connectivity index (χ1n) is 7.72. The number of piperidine rings is 1. The van der Waals surface area contributed by atoms with Crippen LogP contribution in [-0.4, -0.2) is 48.4 Å². The zero-order chi connectivity index (χ0) is 18.2. The highest BCUT2D eigenvalue weighted by molar-refractivity contribution is 6.01. The maximum absolute atomic E-state index is 12.6. The molecule has 1 fully saturated rings. The molecule has 3 rings (SSSR count). The molecule has 9 heteroatoms. The number of nitrogens with one attached hydrogen (secondary N) is 1. The molecular formula is C16H15F3N2O4. The Bertz CT molecular complexity index is 725. The number of fused-ring (bicyclic) bond motifs is 1. The molecule has 2 aliphatic heterocycles. The molecule has 0 saturated carbocycles. The third kappa shape index (κ3) is 3.59. The summed E-state index contributed by atoms with van der Waals surface area (Å²) in [4.78, 5) is 35.8. The number of benzene rings is 1. The molecule has 1 aromatic carbocycles. The minimum atomic E-state index is -4.90. The Morgan fingerprint density at radius 2 is 1.88 bits per heavy atom. The van der Waals surface area contributed by atoms with E-state index in [1.54, 1.807) is 12.1 Å². The van der Waals surface area contributed by atoms with Gasteiger partial charge in [-0.15, -0.1) is 0 Å². The van der Waals surface area contributed by atoms with Gasteiger partial charge in [0.15, 0.2) is 12.4 Å². The molecule has 0 radical (unpaired) electrons. The summed E-state index contributed by atoms with van der Waals surface area (Å²) in [5.74, 6) is -2.41. The molecule has 1 aromatic rings. The predicted octanol–water partition coefficient (Wildman–Crippen LogP) is 2.00. The number of anilines is 1. The lowest BCUT2D eigenvalue weighted by molar-refractivity contribution is -0.186. The number of carbonyl (C=O) groups excluding carboxylic acids is 3. The Morgan fingerprint density at radius 1 is 1.20 bits per heavy atom. The second-order valence-corrected chi connectivity index (χ2v) is 5.98. The van der Waals surface area contributed by atoms with Crippen molar-refractivity contribution in [2.24, 2.45) is 5.92 Å². The van der Waals surface area contributed by atoms with Crippen molar-refractivity contribution in [3.63, 3.8) is 0 Å². The minimum absolute atomic E-state index is 0.0913. The molecule has 0 bridgehead atoms. The molecule has 1 saturated heterocycles. The van der Waals surface area contributed by atoms with Crippen LogP contribution in [0.4, 0.5) is 18.9 Å². The van der Waals surface area contributed by atoms with Crippen molar-refractivity contribution < 1.29 is 32.3 Å². The van der Waals surface area contributed by atoms with E-state index in [1.807, 2.05) is 0 Å². The highest BCUT2D eigenvalue weighted by atomic mass is 19.4. The summed E-state index contributed by atoms with van der Waals surface area (Å²) in [7, 11) is 0. The van der Waals surface area contributed by atoms with Crippen molar-refractivity contribution in [3.8, 4) is 5.75 Å². The van der Waals surface area contributed by atoms with Crippen LogP contribution in [0, 0.1) is 5.92 Å². The molecule has 0 aromatic heterocycles. The summed E-state index contributed by atoms with van der Waals surface area (Å²) in [6, 6.07) is 4.64. The molecule has 2 aliphatic rings. The third-order valence-corrected chi connectivity index (χ3v) is 4.29. The van der Waals surface area contributed by atoms with Crippen molar-refractivity contribution in [2.75, 3.05) is 25.0 Å². The van der Waals surface area contributed by atoms with Gasteiger partial charge in [0, 0.05) is 24.6 Å². The van der Waals surface area contributed by atoms with E-state index in [4.69, 9.17) is 4.74 Å². The summed E-state index contributed by atoms with van der Waals surface area (Å²) in [6.07, 6.45) is -4.56. The highest BCUT2D eigenvalue weighted by Crippen LogP contribution is 2.31. The number of hydrogen-bond donors (Lipinski definition) is 1. The number of amides is 2. The SMILES string of the molecule is O=C1COc2ccc(C(=O)C3CCN(C(=O)C(F)(F)F)CC3)cc2N1. The maximum Gasteiger partial charge on any atom is 0.471 e. The van der Waals surface area contributed by atoms with Crippen LogP contribution in [0.25, 0.3) is 0 Å². The van der Waals surface area contributed by atoms with Crippen LogP contribution < -0.4 is 10.1 Å². The highest BCUT2D eigenvalue weighted by Gasteiger charge is 2.43. The van der Waals surface area contributed by atoms with Crippen LogP contribution in [0.15, 0.2) is 18.2 Å². The first-order chi connectivity index (χ1) is 11.8. The Balaban J connectivity index is 1.66. The number of ketones is 1. The number of rotatable bonds is 2. The summed E-state index contributed by atoms with van der Waals surface area (Å²) < 4.78 is 42.5.